The zero-order chi connectivity index (χ0) is 21.3. The van der Waals surface area contributed by atoms with Crippen molar-refractivity contribution >= 4 is 69.2 Å². The number of carbonyl (C=O) groups is 2. The molecule has 0 saturated carbocycles. The third-order valence-electron chi connectivity index (χ3n) is 4.37. The smallest absolute Gasteiger partial charge is 0.243 e. The normalized spacial score (nSPS) is 15.7. The Bertz CT molecular complexity index is 1010. The number of rotatable bonds is 4. The number of amides is 2. The SMILES string of the molecule is CC(=O)N(C[C@@H]1OC(c2ccc(Cl)cc2Cl)=NN1C(C)=O)c1ccc(I)cc1C. The van der Waals surface area contributed by atoms with Gasteiger partial charge in [-0.05, 0) is 71.5 Å². The van der Waals surface area contributed by atoms with Crippen LogP contribution in [0.25, 0.3) is 0 Å². The number of hydrogen-bond donors (Lipinski definition) is 0. The van der Waals surface area contributed by atoms with Crippen LogP contribution in [0.4, 0.5) is 5.69 Å². The number of nitrogens with zero attached hydrogens (tertiary/aromatic N) is 3. The molecule has 0 saturated heterocycles. The first-order chi connectivity index (χ1) is 13.7. The summed E-state index contributed by atoms with van der Waals surface area (Å²) >= 11 is 14.4. The molecule has 2 aromatic rings. The van der Waals surface area contributed by atoms with Crippen molar-refractivity contribution in [2.45, 2.75) is 27.0 Å². The zero-order valence-corrected chi connectivity index (χ0v) is 19.6. The quantitative estimate of drug-likeness (QED) is 0.517. The second kappa shape index (κ2) is 8.89. The molecule has 0 radical (unpaired) electrons. The highest BCUT2D eigenvalue weighted by molar-refractivity contribution is 14.1. The molecule has 0 fully saturated rings. The first-order valence-electron chi connectivity index (χ1n) is 8.72. The lowest BCUT2D eigenvalue weighted by Gasteiger charge is -2.28. The summed E-state index contributed by atoms with van der Waals surface area (Å²) in [6.07, 6.45) is -0.781. The summed E-state index contributed by atoms with van der Waals surface area (Å²) in [6.45, 7) is 4.92. The van der Waals surface area contributed by atoms with Crippen LogP contribution in [0.1, 0.15) is 25.0 Å². The van der Waals surface area contributed by atoms with Gasteiger partial charge >= 0.3 is 0 Å². The van der Waals surface area contributed by atoms with Crippen LogP contribution in [0, 0.1) is 10.5 Å². The lowest BCUT2D eigenvalue weighted by atomic mass is 10.1. The average molecular weight is 546 g/mol. The second-order valence-corrected chi connectivity index (χ2v) is 8.62. The maximum absolute atomic E-state index is 12.4. The molecule has 0 N–H and O–H groups in total. The summed E-state index contributed by atoms with van der Waals surface area (Å²) in [5, 5.41) is 6.34. The maximum atomic E-state index is 12.4. The van der Waals surface area contributed by atoms with Crippen molar-refractivity contribution in [3.63, 3.8) is 0 Å². The average Bonchev–Trinajstić information content (AvgIpc) is 3.04. The molecular formula is C20H18Cl2IN3O3. The fourth-order valence-electron chi connectivity index (χ4n) is 3.01. The van der Waals surface area contributed by atoms with Gasteiger partial charge in [0.25, 0.3) is 0 Å². The van der Waals surface area contributed by atoms with Gasteiger partial charge in [-0.1, -0.05) is 23.2 Å². The minimum absolute atomic E-state index is 0.120. The van der Waals surface area contributed by atoms with E-state index in [2.05, 4.69) is 27.7 Å². The van der Waals surface area contributed by atoms with Gasteiger partial charge in [0.15, 0.2) is 0 Å². The molecule has 3 rings (SSSR count). The number of hydrazone groups is 1. The predicted octanol–water partition coefficient (Wildman–Crippen LogP) is 4.83. The van der Waals surface area contributed by atoms with E-state index in [4.69, 9.17) is 27.9 Å². The first kappa shape index (κ1) is 21.9. The number of aryl methyl sites for hydroxylation is 1. The minimum Gasteiger partial charge on any atom is -0.448 e. The summed E-state index contributed by atoms with van der Waals surface area (Å²) in [4.78, 5) is 26.1. The molecule has 29 heavy (non-hydrogen) atoms. The van der Waals surface area contributed by atoms with E-state index in [-0.39, 0.29) is 24.3 Å². The summed E-state index contributed by atoms with van der Waals surface area (Å²) in [5.41, 5.74) is 2.22. The van der Waals surface area contributed by atoms with Crippen molar-refractivity contribution < 1.29 is 14.3 Å². The Hall–Kier alpha value is -1.84. The van der Waals surface area contributed by atoms with Gasteiger partial charge in [0.1, 0.15) is 0 Å². The number of ether oxygens (including phenoxy) is 1. The number of hydrogen-bond acceptors (Lipinski definition) is 4. The third kappa shape index (κ3) is 4.84. The number of anilines is 1. The molecule has 2 aromatic carbocycles. The molecular weight excluding hydrogens is 528 g/mol. The molecule has 2 amide bonds. The molecule has 1 atom stereocenters. The van der Waals surface area contributed by atoms with Gasteiger partial charge in [-0.15, -0.1) is 5.10 Å². The van der Waals surface area contributed by atoms with E-state index in [1.165, 1.54) is 18.9 Å². The van der Waals surface area contributed by atoms with E-state index in [9.17, 15) is 9.59 Å². The van der Waals surface area contributed by atoms with E-state index in [0.29, 0.717) is 15.6 Å². The summed E-state index contributed by atoms with van der Waals surface area (Å²) in [5.74, 6) is -0.271. The molecule has 6 nitrogen and oxygen atoms in total. The predicted molar refractivity (Wildman–Crippen MR) is 122 cm³/mol. The van der Waals surface area contributed by atoms with Gasteiger partial charge < -0.3 is 9.64 Å². The molecule has 9 heteroatoms. The summed E-state index contributed by atoms with van der Waals surface area (Å²) < 4.78 is 7.01. The Morgan fingerprint density at radius 1 is 1.21 bits per heavy atom. The number of carbonyl (C=O) groups excluding carboxylic acids is 2. The first-order valence-corrected chi connectivity index (χ1v) is 10.6. The maximum Gasteiger partial charge on any atom is 0.243 e. The summed E-state index contributed by atoms with van der Waals surface area (Å²) in [7, 11) is 0. The van der Waals surface area contributed by atoms with Crippen molar-refractivity contribution in [3.8, 4) is 0 Å². The highest BCUT2D eigenvalue weighted by atomic mass is 127. The molecule has 0 spiro atoms. The van der Waals surface area contributed by atoms with Crippen molar-refractivity contribution in [1.29, 1.82) is 0 Å². The van der Waals surface area contributed by atoms with Crippen LogP contribution >= 0.6 is 45.8 Å². The van der Waals surface area contributed by atoms with Crippen LogP contribution in [-0.2, 0) is 14.3 Å². The van der Waals surface area contributed by atoms with Crippen molar-refractivity contribution in [2.24, 2.45) is 5.10 Å². The van der Waals surface area contributed by atoms with Crippen LogP contribution in [0.15, 0.2) is 41.5 Å². The van der Waals surface area contributed by atoms with E-state index in [1.54, 1.807) is 23.1 Å². The fourth-order valence-corrected chi connectivity index (χ4v) is 4.14. The molecule has 1 heterocycles. The fraction of sp³-hybridized carbons (Fsp3) is 0.250. The minimum atomic E-state index is -0.781. The van der Waals surface area contributed by atoms with Crippen molar-refractivity contribution in [2.75, 3.05) is 11.4 Å². The lowest BCUT2D eigenvalue weighted by Crippen LogP contribution is -2.44. The Kier molecular flexibility index (Phi) is 6.70. The lowest BCUT2D eigenvalue weighted by molar-refractivity contribution is -0.135. The van der Waals surface area contributed by atoms with Crippen molar-refractivity contribution in [1.82, 2.24) is 5.01 Å². The molecule has 1 aliphatic heterocycles. The van der Waals surface area contributed by atoms with E-state index in [0.717, 1.165) is 14.8 Å². The molecule has 152 valence electrons. The van der Waals surface area contributed by atoms with E-state index >= 15 is 0 Å². The number of halogens is 3. The third-order valence-corrected chi connectivity index (χ3v) is 5.59. The summed E-state index contributed by atoms with van der Waals surface area (Å²) in [6, 6.07) is 10.7. The van der Waals surface area contributed by atoms with Crippen LogP contribution in [0.5, 0.6) is 0 Å². The van der Waals surface area contributed by atoms with Crippen LogP contribution in [-0.4, -0.2) is 35.5 Å². The second-order valence-electron chi connectivity index (χ2n) is 6.53. The Morgan fingerprint density at radius 2 is 1.93 bits per heavy atom. The van der Waals surface area contributed by atoms with Gasteiger partial charge in [0, 0.05) is 28.1 Å². The molecule has 1 aliphatic rings. The van der Waals surface area contributed by atoms with Crippen molar-refractivity contribution in [3.05, 3.63) is 61.1 Å². The standard InChI is InChI=1S/C20H18Cl2IN3O3/c1-11-8-15(23)5-7-18(11)25(12(2)27)10-19-26(13(3)28)24-20(29-19)16-6-4-14(21)9-17(16)22/h4-9,19H,10H2,1-3H3/t19-/m0/s1. The van der Waals surface area contributed by atoms with Crippen LogP contribution in [0.2, 0.25) is 10.0 Å². The highest BCUT2D eigenvalue weighted by Gasteiger charge is 2.35. The zero-order valence-electron chi connectivity index (χ0n) is 15.9. The van der Waals surface area contributed by atoms with Crippen LogP contribution in [0.3, 0.4) is 0 Å². The van der Waals surface area contributed by atoms with Crippen LogP contribution < -0.4 is 4.90 Å². The van der Waals surface area contributed by atoms with E-state index < -0.39 is 6.23 Å². The molecule has 0 unspecified atom stereocenters. The van der Waals surface area contributed by atoms with E-state index in [1.807, 2.05) is 25.1 Å². The van der Waals surface area contributed by atoms with Gasteiger partial charge in [-0.25, -0.2) is 0 Å². The molecule has 0 bridgehead atoms. The Morgan fingerprint density at radius 3 is 2.52 bits per heavy atom. The Balaban J connectivity index is 1.91. The topological polar surface area (TPSA) is 62.2 Å². The highest BCUT2D eigenvalue weighted by Crippen LogP contribution is 2.28. The van der Waals surface area contributed by atoms with Gasteiger partial charge in [-0.3, -0.25) is 9.59 Å². The van der Waals surface area contributed by atoms with Gasteiger partial charge in [0.05, 0.1) is 17.1 Å². The Labute approximate surface area is 192 Å². The largest absolute Gasteiger partial charge is 0.448 e. The molecule has 0 aromatic heterocycles. The van der Waals surface area contributed by atoms with Gasteiger partial charge in [0.2, 0.25) is 23.9 Å². The monoisotopic (exact) mass is 545 g/mol. The number of benzene rings is 2. The van der Waals surface area contributed by atoms with Gasteiger partial charge in [-0.2, -0.15) is 5.01 Å². The molecule has 0 aliphatic carbocycles.